The molecule has 0 saturated heterocycles. The van der Waals surface area contributed by atoms with Crippen LogP contribution >= 0.6 is 0 Å². The molecule has 1 aliphatic carbocycles. The molecule has 1 aliphatic rings. The van der Waals surface area contributed by atoms with Gasteiger partial charge in [-0.25, -0.2) is 0 Å². The van der Waals surface area contributed by atoms with E-state index in [1.54, 1.807) is 0 Å². The first-order valence-electron chi connectivity index (χ1n) is 7.80. The summed E-state index contributed by atoms with van der Waals surface area (Å²) in [6.07, 6.45) is 12.4. The molecule has 1 rings (SSSR count). The quantitative estimate of drug-likeness (QED) is 0.690. The van der Waals surface area contributed by atoms with Crippen molar-refractivity contribution in [1.29, 1.82) is 0 Å². The van der Waals surface area contributed by atoms with Gasteiger partial charge in [-0.2, -0.15) is 0 Å². The van der Waals surface area contributed by atoms with Gasteiger partial charge in [-0.1, -0.05) is 38.5 Å². The summed E-state index contributed by atoms with van der Waals surface area (Å²) in [5.74, 6) is 0.954. The number of hydrogen-bond acceptors (Lipinski definition) is 2. The average molecular weight is 255 g/mol. The Labute approximate surface area is 114 Å². The van der Waals surface area contributed by atoms with E-state index < -0.39 is 0 Å². The first kappa shape index (κ1) is 16.0. The molecule has 1 N–H and O–H groups in total. The first-order chi connectivity index (χ1) is 8.57. The molecule has 0 aliphatic heterocycles. The van der Waals surface area contributed by atoms with E-state index in [0.29, 0.717) is 6.04 Å². The summed E-state index contributed by atoms with van der Waals surface area (Å²) in [5.41, 5.74) is 0.0263. The molecule has 2 nitrogen and oxygen atoms in total. The molecule has 0 bridgehead atoms. The Hall–Kier alpha value is -0.0800. The topological polar surface area (TPSA) is 21.3 Å². The number of hydrogen-bond donors (Lipinski definition) is 1. The minimum Gasteiger partial charge on any atom is -0.379 e. The van der Waals surface area contributed by atoms with Gasteiger partial charge in [0.05, 0.1) is 5.60 Å². The number of rotatable bonds is 7. The van der Waals surface area contributed by atoms with Crippen LogP contribution in [0.3, 0.4) is 0 Å². The molecule has 108 valence electrons. The number of nitrogens with one attached hydrogen (secondary N) is 1. The maximum Gasteiger partial charge on any atom is 0.0623 e. The maximum absolute atomic E-state index is 5.51. The molecule has 1 saturated carbocycles. The predicted molar refractivity (Wildman–Crippen MR) is 79.0 cm³/mol. The van der Waals surface area contributed by atoms with Crippen LogP contribution in [0.15, 0.2) is 0 Å². The summed E-state index contributed by atoms with van der Waals surface area (Å²) in [4.78, 5) is 0. The fourth-order valence-corrected chi connectivity index (χ4v) is 3.01. The molecule has 0 spiro atoms. The second-order valence-electron chi connectivity index (χ2n) is 6.58. The van der Waals surface area contributed by atoms with E-state index in [2.05, 4.69) is 26.2 Å². The zero-order valence-electron chi connectivity index (χ0n) is 12.9. The minimum absolute atomic E-state index is 0.0263. The highest BCUT2D eigenvalue weighted by molar-refractivity contribution is 4.77. The van der Waals surface area contributed by atoms with Gasteiger partial charge in [-0.05, 0) is 46.1 Å². The van der Waals surface area contributed by atoms with E-state index in [9.17, 15) is 0 Å². The van der Waals surface area contributed by atoms with Gasteiger partial charge >= 0.3 is 0 Å². The van der Waals surface area contributed by atoms with Gasteiger partial charge in [0.15, 0.2) is 0 Å². The summed E-state index contributed by atoms with van der Waals surface area (Å²) < 4.78 is 5.51. The van der Waals surface area contributed by atoms with E-state index in [1.807, 2.05) is 7.11 Å². The van der Waals surface area contributed by atoms with Gasteiger partial charge < -0.3 is 10.1 Å². The van der Waals surface area contributed by atoms with Crippen molar-refractivity contribution >= 4 is 0 Å². The molecule has 0 aromatic heterocycles. The monoisotopic (exact) mass is 255 g/mol. The van der Waals surface area contributed by atoms with Crippen molar-refractivity contribution in [1.82, 2.24) is 5.32 Å². The fourth-order valence-electron chi connectivity index (χ4n) is 3.01. The molecule has 0 aromatic carbocycles. The summed E-state index contributed by atoms with van der Waals surface area (Å²) in [6.45, 7) is 4.37. The zero-order valence-corrected chi connectivity index (χ0v) is 12.9. The molecule has 0 radical (unpaired) electrons. The number of ether oxygens (including phenoxy) is 1. The van der Waals surface area contributed by atoms with Crippen LogP contribution in [-0.2, 0) is 4.74 Å². The van der Waals surface area contributed by atoms with Crippen LogP contribution in [0.5, 0.6) is 0 Å². The summed E-state index contributed by atoms with van der Waals surface area (Å²) in [5, 5.41) is 3.51. The highest BCUT2D eigenvalue weighted by atomic mass is 16.5. The molecule has 1 atom stereocenters. The van der Waals surface area contributed by atoms with Crippen molar-refractivity contribution in [2.24, 2.45) is 5.92 Å². The average Bonchev–Trinajstić information content (AvgIpc) is 2.63. The molecule has 2 heteroatoms. The summed E-state index contributed by atoms with van der Waals surface area (Å²) in [6, 6.07) is 0.669. The van der Waals surface area contributed by atoms with Crippen molar-refractivity contribution in [3.8, 4) is 0 Å². The molecule has 0 amide bonds. The van der Waals surface area contributed by atoms with Crippen molar-refractivity contribution < 1.29 is 4.74 Å². The highest BCUT2D eigenvalue weighted by Gasteiger charge is 2.21. The highest BCUT2D eigenvalue weighted by Crippen LogP contribution is 2.28. The molecule has 18 heavy (non-hydrogen) atoms. The Bertz CT molecular complexity index is 207. The normalized spacial score (nSPS) is 20.7. The van der Waals surface area contributed by atoms with Crippen LogP contribution in [0.2, 0.25) is 0 Å². The Morgan fingerprint density at radius 3 is 2.28 bits per heavy atom. The lowest BCUT2D eigenvalue weighted by atomic mass is 9.89. The molecule has 1 unspecified atom stereocenters. The van der Waals surface area contributed by atoms with Crippen LogP contribution in [0, 0.1) is 5.92 Å². The zero-order chi connectivity index (χ0) is 13.4. The van der Waals surface area contributed by atoms with Gasteiger partial charge in [-0.3, -0.25) is 0 Å². The summed E-state index contributed by atoms with van der Waals surface area (Å²) in [7, 11) is 3.93. The molecule has 1 fully saturated rings. The van der Waals surface area contributed by atoms with Crippen molar-refractivity contribution in [3.63, 3.8) is 0 Å². The lowest BCUT2D eigenvalue weighted by Gasteiger charge is -2.27. The van der Waals surface area contributed by atoms with Gasteiger partial charge in [0.1, 0.15) is 0 Å². The van der Waals surface area contributed by atoms with Crippen LogP contribution in [-0.4, -0.2) is 25.8 Å². The fraction of sp³-hybridized carbons (Fsp3) is 1.00. The van der Waals surface area contributed by atoms with Gasteiger partial charge in [0.2, 0.25) is 0 Å². The van der Waals surface area contributed by atoms with Gasteiger partial charge in [-0.15, -0.1) is 0 Å². The maximum atomic E-state index is 5.51. The Morgan fingerprint density at radius 1 is 1.17 bits per heavy atom. The number of methoxy groups -OCH3 is 1. The Morgan fingerprint density at radius 2 is 1.78 bits per heavy atom. The molecular formula is C16H33NO. The van der Waals surface area contributed by atoms with E-state index in [0.717, 1.165) is 12.3 Å². The van der Waals surface area contributed by atoms with E-state index in [-0.39, 0.29) is 5.60 Å². The largest absolute Gasteiger partial charge is 0.379 e. The summed E-state index contributed by atoms with van der Waals surface area (Å²) >= 11 is 0. The van der Waals surface area contributed by atoms with Crippen LogP contribution in [0.25, 0.3) is 0 Å². The standard InChI is InChI=1S/C16H33NO/c1-16(2,18-4)12-11-15(17-3)13-14-9-7-5-6-8-10-14/h14-15,17H,5-13H2,1-4H3. The van der Waals surface area contributed by atoms with Gasteiger partial charge in [0.25, 0.3) is 0 Å². The third-order valence-electron chi connectivity index (χ3n) is 4.65. The molecule has 0 aromatic rings. The Balaban J connectivity index is 2.31. The lowest BCUT2D eigenvalue weighted by Crippen LogP contribution is -2.32. The third kappa shape index (κ3) is 6.19. The molecule has 0 heterocycles. The minimum atomic E-state index is 0.0263. The second-order valence-corrected chi connectivity index (χ2v) is 6.58. The smallest absolute Gasteiger partial charge is 0.0623 e. The SMILES string of the molecule is CNC(CCC(C)(C)OC)CC1CCCCCC1. The molecular weight excluding hydrogens is 222 g/mol. The predicted octanol–water partition coefficient (Wildman–Crippen LogP) is 4.14. The second kappa shape index (κ2) is 8.16. The lowest BCUT2D eigenvalue weighted by molar-refractivity contribution is 0.0113. The van der Waals surface area contributed by atoms with Crippen LogP contribution in [0.4, 0.5) is 0 Å². The van der Waals surface area contributed by atoms with Crippen molar-refractivity contribution in [2.45, 2.75) is 83.3 Å². The third-order valence-corrected chi connectivity index (χ3v) is 4.65. The Kier molecular flexibility index (Phi) is 7.25. The van der Waals surface area contributed by atoms with E-state index in [4.69, 9.17) is 4.74 Å². The van der Waals surface area contributed by atoms with E-state index in [1.165, 1.54) is 51.4 Å². The van der Waals surface area contributed by atoms with Crippen LogP contribution < -0.4 is 5.32 Å². The van der Waals surface area contributed by atoms with E-state index >= 15 is 0 Å². The van der Waals surface area contributed by atoms with Crippen molar-refractivity contribution in [2.75, 3.05) is 14.2 Å². The first-order valence-corrected chi connectivity index (χ1v) is 7.80. The van der Waals surface area contributed by atoms with Crippen LogP contribution in [0.1, 0.15) is 71.6 Å². The van der Waals surface area contributed by atoms with Crippen molar-refractivity contribution in [3.05, 3.63) is 0 Å². The van der Waals surface area contributed by atoms with Gasteiger partial charge in [0, 0.05) is 13.2 Å².